The maximum Gasteiger partial charge on any atom is 0.139 e. The number of Topliss-reactive ketones (excluding diaryl/α,β-unsaturated/α-hetero) is 1. The van der Waals surface area contributed by atoms with Crippen molar-refractivity contribution in [2.75, 3.05) is 0 Å². The Kier molecular flexibility index (Phi) is 3.75. The zero-order valence-electron chi connectivity index (χ0n) is 14.8. The Morgan fingerprint density at radius 3 is 2.74 bits per heavy atom. The quantitative estimate of drug-likeness (QED) is 0.752. The molecule has 4 rings (SSSR count). The Labute approximate surface area is 140 Å². The molecule has 4 aliphatic rings. The minimum absolute atomic E-state index is 0.207. The molecule has 4 aliphatic carbocycles. The Morgan fingerprint density at radius 2 is 2.00 bits per heavy atom. The molecule has 3 saturated carbocycles. The molecular weight excluding hydrogens is 284 g/mol. The fourth-order valence-electron chi connectivity index (χ4n) is 7.18. The normalized spacial score (nSPS) is 49.2. The van der Waals surface area contributed by atoms with Crippen LogP contribution in [0.2, 0.25) is 0 Å². The van der Waals surface area contributed by atoms with Gasteiger partial charge in [-0.2, -0.15) is 0 Å². The van der Waals surface area contributed by atoms with Crippen molar-refractivity contribution in [3.63, 3.8) is 0 Å². The highest BCUT2D eigenvalue weighted by atomic mass is 16.3. The van der Waals surface area contributed by atoms with Crippen molar-refractivity contribution in [1.82, 2.24) is 0 Å². The highest BCUT2D eigenvalue weighted by molar-refractivity contribution is 5.87. The smallest absolute Gasteiger partial charge is 0.139 e. The van der Waals surface area contributed by atoms with Gasteiger partial charge in [-0.05, 0) is 81.5 Å². The van der Waals surface area contributed by atoms with Crippen molar-refractivity contribution in [3.8, 4) is 0 Å². The lowest BCUT2D eigenvalue weighted by Gasteiger charge is -2.60. The third kappa shape index (κ3) is 2.06. The van der Waals surface area contributed by atoms with Crippen molar-refractivity contribution in [1.29, 1.82) is 0 Å². The monoisotopic (exact) mass is 316 g/mol. The largest absolute Gasteiger partial charge is 0.390 e. The molecule has 5 unspecified atom stereocenters. The van der Waals surface area contributed by atoms with Gasteiger partial charge < -0.3 is 5.11 Å². The molecule has 3 fully saturated rings. The van der Waals surface area contributed by atoms with Gasteiger partial charge in [0, 0.05) is 11.8 Å². The fourth-order valence-corrected chi connectivity index (χ4v) is 7.18. The van der Waals surface area contributed by atoms with E-state index in [4.69, 9.17) is 0 Å². The molecule has 128 valence electrons. The fraction of sp³-hybridized carbons (Fsp3) is 0.857. The summed E-state index contributed by atoms with van der Waals surface area (Å²) in [5, 5.41) is 11.7. The molecule has 0 radical (unpaired) electrons. The first-order chi connectivity index (χ1) is 11.1. The predicted octanol–water partition coefficient (Wildman–Crippen LogP) is 4.66. The van der Waals surface area contributed by atoms with Gasteiger partial charge in [-0.15, -0.1) is 0 Å². The Morgan fingerprint density at radius 1 is 1.17 bits per heavy atom. The van der Waals surface area contributed by atoms with Gasteiger partial charge in [-0.1, -0.05) is 25.5 Å². The number of allylic oxidation sites excluding steroid dienone is 2. The van der Waals surface area contributed by atoms with Gasteiger partial charge in [0.25, 0.3) is 0 Å². The van der Waals surface area contributed by atoms with E-state index in [1.807, 2.05) is 0 Å². The minimum Gasteiger partial charge on any atom is -0.390 e. The predicted molar refractivity (Wildman–Crippen MR) is 92.0 cm³/mol. The van der Waals surface area contributed by atoms with E-state index in [-0.39, 0.29) is 5.41 Å². The average molecular weight is 316 g/mol. The number of rotatable bonds is 2. The molecule has 2 heteroatoms. The number of hydrogen-bond donors (Lipinski definition) is 1. The third-order valence-corrected chi connectivity index (χ3v) is 8.21. The molecule has 0 aromatic heterocycles. The number of carbonyl (C=O) groups excluding carboxylic acids is 1. The Bertz CT molecular complexity index is 536. The summed E-state index contributed by atoms with van der Waals surface area (Å²) in [7, 11) is 0. The number of fused-ring (bicyclic) bond motifs is 5. The van der Waals surface area contributed by atoms with E-state index in [0.717, 1.165) is 32.1 Å². The van der Waals surface area contributed by atoms with Crippen LogP contribution in [0.3, 0.4) is 0 Å². The SMILES string of the molecule is CCC1(O)C[C@]2(CC)C(=O)CCC2C2CCC3=CCCCC3C21. The summed E-state index contributed by atoms with van der Waals surface area (Å²) in [4.78, 5) is 12.8. The van der Waals surface area contributed by atoms with Crippen LogP contribution in [0.1, 0.15) is 78.1 Å². The number of hydrogen-bond acceptors (Lipinski definition) is 2. The third-order valence-electron chi connectivity index (χ3n) is 8.21. The van der Waals surface area contributed by atoms with Crippen molar-refractivity contribution in [2.45, 2.75) is 83.7 Å². The van der Waals surface area contributed by atoms with Gasteiger partial charge in [-0.3, -0.25) is 4.79 Å². The van der Waals surface area contributed by atoms with Crippen molar-refractivity contribution in [2.24, 2.45) is 29.1 Å². The average Bonchev–Trinajstić information content (AvgIpc) is 2.91. The first kappa shape index (κ1) is 15.9. The molecule has 0 heterocycles. The molecule has 2 nitrogen and oxygen atoms in total. The lowest BCUT2D eigenvalue weighted by molar-refractivity contribution is -0.176. The first-order valence-electron chi connectivity index (χ1n) is 10.0. The summed E-state index contributed by atoms with van der Waals surface area (Å²) in [6, 6.07) is 0. The second kappa shape index (κ2) is 5.44. The van der Waals surface area contributed by atoms with Crippen LogP contribution in [0.5, 0.6) is 0 Å². The lowest BCUT2D eigenvalue weighted by Crippen LogP contribution is -2.60. The van der Waals surface area contributed by atoms with E-state index in [1.54, 1.807) is 5.57 Å². The van der Waals surface area contributed by atoms with Crippen molar-refractivity contribution < 1.29 is 9.90 Å². The number of aliphatic hydroxyl groups is 1. The summed E-state index contributed by atoms with van der Waals surface area (Å²) in [5.74, 6) is 2.57. The van der Waals surface area contributed by atoms with Gasteiger partial charge in [0.05, 0.1) is 5.60 Å². The molecule has 0 aromatic rings. The van der Waals surface area contributed by atoms with Crippen LogP contribution in [0.25, 0.3) is 0 Å². The standard InChI is InChI=1S/C21H32O2/c1-3-20-13-21(23,4-2)19-15-8-6-5-7-14(15)9-10-16(19)17(20)11-12-18(20)22/h7,15-17,19,23H,3-6,8-13H2,1-2H3/t15?,16?,17?,19?,20-,21?/m0/s1. The topological polar surface area (TPSA) is 37.3 Å². The molecular formula is C21H32O2. The van der Waals surface area contributed by atoms with E-state index in [2.05, 4.69) is 19.9 Å². The summed E-state index contributed by atoms with van der Waals surface area (Å²) in [6.07, 6.45) is 13.0. The first-order valence-corrected chi connectivity index (χ1v) is 10.0. The molecule has 0 aromatic carbocycles. The highest BCUT2D eigenvalue weighted by Gasteiger charge is 2.64. The van der Waals surface area contributed by atoms with Crippen LogP contribution < -0.4 is 0 Å². The van der Waals surface area contributed by atoms with Crippen molar-refractivity contribution >= 4 is 5.78 Å². The molecule has 0 saturated heterocycles. The van der Waals surface area contributed by atoms with Crippen LogP contribution in [0.15, 0.2) is 11.6 Å². The van der Waals surface area contributed by atoms with Crippen LogP contribution in [-0.2, 0) is 4.79 Å². The summed E-state index contributed by atoms with van der Waals surface area (Å²) < 4.78 is 0. The number of carbonyl (C=O) groups is 1. The van der Waals surface area contributed by atoms with E-state index >= 15 is 0 Å². The zero-order chi connectivity index (χ0) is 16.2. The van der Waals surface area contributed by atoms with Crippen LogP contribution in [-0.4, -0.2) is 16.5 Å². The summed E-state index contributed by atoms with van der Waals surface area (Å²) >= 11 is 0. The maximum atomic E-state index is 12.8. The molecule has 1 N–H and O–H groups in total. The van der Waals surface area contributed by atoms with Gasteiger partial charge in [0.15, 0.2) is 0 Å². The van der Waals surface area contributed by atoms with Crippen LogP contribution in [0.4, 0.5) is 0 Å². The summed E-state index contributed by atoms with van der Waals surface area (Å²) in [6.45, 7) is 4.32. The minimum atomic E-state index is -0.626. The van der Waals surface area contributed by atoms with Gasteiger partial charge in [-0.25, -0.2) is 0 Å². The molecule has 0 aliphatic heterocycles. The Balaban J connectivity index is 1.78. The number of ketones is 1. The molecule has 0 amide bonds. The van der Waals surface area contributed by atoms with Gasteiger partial charge in [0.2, 0.25) is 0 Å². The van der Waals surface area contributed by atoms with E-state index < -0.39 is 5.60 Å². The van der Waals surface area contributed by atoms with Gasteiger partial charge >= 0.3 is 0 Å². The summed E-state index contributed by atoms with van der Waals surface area (Å²) in [5.41, 5.74) is 0.804. The highest BCUT2D eigenvalue weighted by Crippen LogP contribution is 2.65. The van der Waals surface area contributed by atoms with Crippen LogP contribution in [0, 0.1) is 29.1 Å². The van der Waals surface area contributed by atoms with E-state index in [9.17, 15) is 9.90 Å². The molecule has 23 heavy (non-hydrogen) atoms. The van der Waals surface area contributed by atoms with Gasteiger partial charge in [0.1, 0.15) is 5.78 Å². The van der Waals surface area contributed by atoms with E-state index in [1.165, 1.54) is 32.1 Å². The van der Waals surface area contributed by atoms with Crippen LogP contribution >= 0.6 is 0 Å². The second-order valence-corrected chi connectivity index (χ2v) is 8.76. The molecule has 0 bridgehead atoms. The Hall–Kier alpha value is -0.630. The molecule has 6 atom stereocenters. The van der Waals surface area contributed by atoms with E-state index in [0.29, 0.717) is 29.5 Å². The maximum absolute atomic E-state index is 12.8. The zero-order valence-corrected chi connectivity index (χ0v) is 14.8. The lowest BCUT2D eigenvalue weighted by atomic mass is 9.46. The molecule has 0 spiro atoms. The van der Waals surface area contributed by atoms with Crippen molar-refractivity contribution in [3.05, 3.63) is 11.6 Å². The second-order valence-electron chi connectivity index (χ2n) is 8.76.